The van der Waals surface area contributed by atoms with Gasteiger partial charge in [0.05, 0.1) is 4.90 Å². The minimum atomic E-state index is -3.79. The molecule has 1 N–H and O–H groups in total. The molecule has 0 heterocycles. The van der Waals surface area contributed by atoms with Crippen LogP contribution in [0.15, 0.2) is 23.1 Å². The van der Waals surface area contributed by atoms with Crippen LogP contribution in [0.5, 0.6) is 0 Å². The maximum Gasteiger partial charge on any atom is 0.261 e. The average molecular weight is 294 g/mol. The van der Waals surface area contributed by atoms with E-state index < -0.39 is 14.9 Å². The van der Waals surface area contributed by atoms with Crippen LogP contribution in [0.2, 0.25) is 0 Å². The zero-order valence-corrected chi connectivity index (χ0v) is 11.8. The highest BCUT2D eigenvalue weighted by molar-refractivity contribution is 8.13. The molecule has 0 aliphatic heterocycles. The van der Waals surface area contributed by atoms with Gasteiger partial charge >= 0.3 is 0 Å². The number of hydrogen-bond acceptors (Lipinski definition) is 3. The second-order valence-corrected chi connectivity index (χ2v) is 6.61. The van der Waals surface area contributed by atoms with Crippen LogP contribution in [-0.4, -0.2) is 21.5 Å². The molecule has 0 bridgehead atoms. The van der Waals surface area contributed by atoms with Crippen molar-refractivity contribution in [2.45, 2.75) is 31.1 Å². The van der Waals surface area contributed by atoms with Crippen molar-refractivity contribution < 1.29 is 12.8 Å². The van der Waals surface area contributed by atoms with Crippen molar-refractivity contribution in [1.29, 1.82) is 0 Å². The van der Waals surface area contributed by atoms with Crippen molar-refractivity contribution in [2.75, 3.05) is 13.1 Å². The van der Waals surface area contributed by atoms with Crippen LogP contribution in [0, 0.1) is 5.82 Å². The van der Waals surface area contributed by atoms with E-state index in [9.17, 15) is 12.8 Å². The molecule has 0 spiro atoms. The zero-order valence-electron chi connectivity index (χ0n) is 10.2. The van der Waals surface area contributed by atoms with Gasteiger partial charge in [0.2, 0.25) is 0 Å². The summed E-state index contributed by atoms with van der Waals surface area (Å²) >= 11 is 0. The smallest absolute Gasteiger partial charge is 0.261 e. The minimum Gasteiger partial charge on any atom is -0.317 e. The van der Waals surface area contributed by atoms with Crippen molar-refractivity contribution in [3.05, 3.63) is 29.6 Å². The topological polar surface area (TPSA) is 46.2 Å². The van der Waals surface area contributed by atoms with E-state index >= 15 is 0 Å². The molecule has 3 nitrogen and oxygen atoms in total. The average Bonchev–Trinajstić information content (AvgIpc) is 2.29. The molecule has 0 amide bonds. The molecule has 0 saturated carbocycles. The summed E-state index contributed by atoms with van der Waals surface area (Å²) in [6.45, 7) is 3.78. The normalized spacial score (nSPS) is 11.7. The van der Waals surface area contributed by atoms with Gasteiger partial charge in [-0.05, 0) is 56.1 Å². The monoisotopic (exact) mass is 293 g/mol. The molecule has 102 valence electrons. The van der Waals surface area contributed by atoms with Crippen LogP contribution < -0.4 is 5.32 Å². The largest absolute Gasteiger partial charge is 0.317 e. The first-order valence-corrected chi connectivity index (χ1v) is 8.20. The van der Waals surface area contributed by atoms with Gasteiger partial charge in [0.25, 0.3) is 9.05 Å². The van der Waals surface area contributed by atoms with E-state index in [0.29, 0.717) is 12.0 Å². The van der Waals surface area contributed by atoms with Crippen molar-refractivity contribution >= 4 is 19.7 Å². The first kappa shape index (κ1) is 15.4. The molecular weight excluding hydrogens is 277 g/mol. The van der Waals surface area contributed by atoms with E-state index in [0.717, 1.165) is 32.0 Å². The Morgan fingerprint density at radius 2 is 2.06 bits per heavy atom. The summed E-state index contributed by atoms with van der Waals surface area (Å²) in [6, 6.07) is 3.62. The molecule has 0 saturated heterocycles. The molecule has 1 rings (SSSR count). The zero-order chi connectivity index (χ0) is 13.6. The van der Waals surface area contributed by atoms with Gasteiger partial charge in [-0.25, -0.2) is 12.8 Å². The molecule has 0 fully saturated rings. The van der Waals surface area contributed by atoms with Gasteiger partial charge in [0.15, 0.2) is 0 Å². The highest BCUT2D eigenvalue weighted by Gasteiger charge is 2.12. The molecule has 1 aromatic rings. The van der Waals surface area contributed by atoms with Gasteiger partial charge in [-0.3, -0.25) is 0 Å². The molecule has 18 heavy (non-hydrogen) atoms. The molecular formula is C12H17ClFNO2S. The Labute approximate surface area is 112 Å². The summed E-state index contributed by atoms with van der Waals surface area (Å²) in [5.41, 5.74) is 0.384. The highest BCUT2D eigenvalue weighted by Crippen LogP contribution is 2.19. The lowest BCUT2D eigenvalue weighted by Gasteiger charge is -2.06. The number of aryl methyl sites for hydroxylation is 1. The third-order valence-corrected chi connectivity index (χ3v) is 3.88. The SMILES string of the molecule is CCCNCCCc1cc(S(=O)(=O)Cl)ccc1F. The van der Waals surface area contributed by atoms with Crippen LogP contribution in [0.3, 0.4) is 0 Å². The molecule has 0 aliphatic carbocycles. The first-order chi connectivity index (χ1) is 8.45. The Kier molecular flexibility index (Phi) is 6.05. The van der Waals surface area contributed by atoms with E-state index in [2.05, 4.69) is 12.2 Å². The predicted molar refractivity (Wildman–Crippen MR) is 70.9 cm³/mol. The lowest BCUT2D eigenvalue weighted by molar-refractivity contribution is 0.587. The highest BCUT2D eigenvalue weighted by atomic mass is 35.7. The summed E-state index contributed by atoms with van der Waals surface area (Å²) in [5.74, 6) is -0.394. The number of hydrogen-bond donors (Lipinski definition) is 1. The maximum absolute atomic E-state index is 13.5. The third kappa shape index (κ3) is 4.92. The molecule has 0 aliphatic rings. The van der Waals surface area contributed by atoms with Crippen molar-refractivity contribution in [3.63, 3.8) is 0 Å². The standard InChI is InChI=1S/C12H17ClFNO2S/c1-2-7-15-8-3-4-10-9-11(18(13,16)17)5-6-12(10)14/h5-6,9,15H,2-4,7-8H2,1H3. The fourth-order valence-electron chi connectivity index (χ4n) is 1.60. The second-order valence-electron chi connectivity index (χ2n) is 4.04. The Bertz CT molecular complexity index is 491. The molecule has 0 radical (unpaired) electrons. The summed E-state index contributed by atoms with van der Waals surface area (Å²) in [4.78, 5) is -0.0536. The summed E-state index contributed by atoms with van der Waals surface area (Å²) in [6.07, 6.45) is 2.29. The van der Waals surface area contributed by atoms with Crippen molar-refractivity contribution in [1.82, 2.24) is 5.32 Å². The van der Waals surface area contributed by atoms with Gasteiger partial charge in [-0.1, -0.05) is 6.92 Å². The van der Waals surface area contributed by atoms with Crippen LogP contribution in [0.4, 0.5) is 4.39 Å². The van der Waals surface area contributed by atoms with E-state index in [-0.39, 0.29) is 4.90 Å². The summed E-state index contributed by atoms with van der Waals surface area (Å²) in [7, 11) is 1.43. The van der Waals surface area contributed by atoms with Gasteiger partial charge in [-0.15, -0.1) is 0 Å². The lowest BCUT2D eigenvalue weighted by Crippen LogP contribution is -2.16. The fourth-order valence-corrected chi connectivity index (χ4v) is 2.40. The fraction of sp³-hybridized carbons (Fsp3) is 0.500. The van der Waals surface area contributed by atoms with E-state index in [1.807, 2.05) is 0 Å². The van der Waals surface area contributed by atoms with Crippen LogP contribution in [-0.2, 0) is 15.5 Å². The van der Waals surface area contributed by atoms with Crippen molar-refractivity contribution in [2.24, 2.45) is 0 Å². The van der Waals surface area contributed by atoms with E-state index in [4.69, 9.17) is 10.7 Å². The number of nitrogens with one attached hydrogen (secondary N) is 1. The Hall–Kier alpha value is -0.650. The molecule has 0 unspecified atom stereocenters. The lowest BCUT2D eigenvalue weighted by atomic mass is 10.1. The van der Waals surface area contributed by atoms with Crippen molar-refractivity contribution in [3.8, 4) is 0 Å². The van der Waals surface area contributed by atoms with Gasteiger partial charge in [0, 0.05) is 10.7 Å². The number of rotatable bonds is 7. The summed E-state index contributed by atoms with van der Waals surface area (Å²) < 4.78 is 35.8. The molecule has 0 aromatic heterocycles. The van der Waals surface area contributed by atoms with Crippen LogP contribution in [0.1, 0.15) is 25.3 Å². The number of benzene rings is 1. The van der Waals surface area contributed by atoms with E-state index in [1.54, 1.807) is 0 Å². The Morgan fingerprint density at radius 3 is 2.67 bits per heavy atom. The van der Waals surface area contributed by atoms with E-state index in [1.165, 1.54) is 12.1 Å². The predicted octanol–water partition coefficient (Wildman–Crippen LogP) is 2.69. The maximum atomic E-state index is 13.5. The summed E-state index contributed by atoms with van der Waals surface area (Å²) in [5, 5.41) is 3.20. The van der Waals surface area contributed by atoms with Gasteiger partial charge in [0.1, 0.15) is 5.82 Å². The number of halogens is 2. The third-order valence-electron chi connectivity index (χ3n) is 2.53. The van der Waals surface area contributed by atoms with Gasteiger partial charge < -0.3 is 5.32 Å². The molecule has 1 aromatic carbocycles. The first-order valence-electron chi connectivity index (χ1n) is 5.89. The molecule has 0 atom stereocenters. The Balaban J connectivity index is 2.65. The van der Waals surface area contributed by atoms with Crippen LogP contribution in [0.25, 0.3) is 0 Å². The molecule has 6 heteroatoms. The van der Waals surface area contributed by atoms with Crippen LogP contribution >= 0.6 is 10.7 Å². The second kappa shape index (κ2) is 7.07. The Morgan fingerprint density at radius 1 is 1.33 bits per heavy atom. The van der Waals surface area contributed by atoms with Gasteiger partial charge in [-0.2, -0.15) is 0 Å². The quantitative estimate of drug-likeness (QED) is 0.621. The minimum absolute atomic E-state index is 0.0536.